The molecule has 0 aromatic carbocycles. The van der Waals surface area contributed by atoms with Crippen molar-refractivity contribution in [3.05, 3.63) is 17.5 Å². The molecular formula is C13H15F3N4O2. The Morgan fingerprint density at radius 2 is 2.00 bits per heavy atom. The fraction of sp³-hybridized carbons (Fsp3) is 0.615. The molecule has 22 heavy (non-hydrogen) atoms. The molecule has 9 heteroatoms. The molecule has 1 saturated heterocycles. The predicted molar refractivity (Wildman–Crippen MR) is 68.7 cm³/mol. The number of hydrogen-bond donors (Lipinski definition) is 2. The molecule has 2 amide bonds. The van der Waals surface area contributed by atoms with E-state index in [9.17, 15) is 22.8 Å². The Morgan fingerprint density at radius 1 is 1.32 bits per heavy atom. The molecule has 1 aromatic heterocycles. The summed E-state index contributed by atoms with van der Waals surface area (Å²) in [5.74, 6) is -4.67. The highest BCUT2D eigenvalue weighted by atomic mass is 19.4. The summed E-state index contributed by atoms with van der Waals surface area (Å²) in [5.41, 5.74) is 6.01. The minimum Gasteiger partial charge on any atom is -0.369 e. The number of carbonyl (C=O) groups excluding carboxylic acids is 2. The van der Waals surface area contributed by atoms with E-state index in [-0.39, 0.29) is 18.0 Å². The van der Waals surface area contributed by atoms with Gasteiger partial charge in [0.25, 0.3) is 5.91 Å². The van der Waals surface area contributed by atoms with Crippen LogP contribution in [0, 0.1) is 11.8 Å². The summed E-state index contributed by atoms with van der Waals surface area (Å²) in [7, 11) is 0. The van der Waals surface area contributed by atoms with Crippen LogP contribution in [0.15, 0.2) is 6.20 Å². The Morgan fingerprint density at radius 3 is 2.50 bits per heavy atom. The molecule has 2 fully saturated rings. The Balaban J connectivity index is 1.82. The number of primary amides is 1. The lowest BCUT2D eigenvalue weighted by Gasteiger charge is -2.18. The average molecular weight is 316 g/mol. The molecule has 2 aliphatic rings. The van der Waals surface area contributed by atoms with Gasteiger partial charge in [-0.05, 0) is 12.8 Å². The normalized spacial score (nSPS) is 25.5. The molecule has 1 aliphatic carbocycles. The van der Waals surface area contributed by atoms with Crippen molar-refractivity contribution in [1.29, 1.82) is 0 Å². The molecule has 1 saturated carbocycles. The zero-order valence-corrected chi connectivity index (χ0v) is 11.6. The van der Waals surface area contributed by atoms with Gasteiger partial charge in [-0.2, -0.15) is 18.3 Å². The Bertz CT molecular complexity index is 609. The van der Waals surface area contributed by atoms with Gasteiger partial charge in [-0.25, -0.2) is 0 Å². The van der Waals surface area contributed by atoms with E-state index in [0.29, 0.717) is 5.69 Å². The summed E-state index contributed by atoms with van der Waals surface area (Å²) in [6.07, 6.45) is -1.38. The molecule has 3 N–H and O–H groups in total. The number of nitrogens with zero attached hydrogens (tertiary/aromatic N) is 2. The Kier molecular flexibility index (Phi) is 3.37. The van der Waals surface area contributed by atoms with Gasteiger partial charge in [-0.1, -0.05) is 0 Å². The third-order valence-electron chi connectivity index (χ3n) is 4.28. The first kappa shape index (κ1) is 14.9. The molecule has 1 aromatic rings. The van der Waals surface area contributed by atoms with Crippen LogP contribution in [0.3, 0.4) is 0 Å². The maximum absolute atomic E-state index is 13.0. The molecule has 120 valence electrons. The topological polar surface area (TPSA) is 92.1 Å². The second-order valence-corrected chi connectivity index (χ2v) is 5.84. The minimum atomic E-state index is -4.57. The van der Waals surface area contributed by atoms with Crippen LogP contribution in [0.1, 0.15) is 34.8 Å². The summed E-state index contributed by atoms with van der Waals surface area (Å²) in [4.78, 5) is 24.8. The SMILES string of the molecule is NC(=O)[C@@H]1CN(C(=O)c2cn[nH]c2C2CC2)C[C@H]1C(F)(F)F. The van der Waals surface area contributed by atoms with Gasteiger partial charge in [-0.15, -0.1) is 0 Å². The first-order chi connectivity index (χ1) is 10.3. The summed E-state index contributed by atoms with van der Waals surface area (Å²) in [6.45, 7) is -0.862. The van der Waals surface area contributed by atoms with Crippen molar-refractivity contribution >= 4 is 11.8 Å². The second kappa shape index (κ2) is 4.99. The van der Waals surface area contributed by atoms with Crippen LogP contribution in [0.2, 0.25) is 0 Å². The van der Waals surface area contributed by atoms with Gasteiger partial charge in [-0.3, -0.25) is 14.7 Å². The number of alkyl halides is 3. The maximum Gasteiger partial charge on any atom is 0.394 e. The van der Waals surface area contributed by atoms with Gasteiger partial charge in [0.2, 0.25) is 5.91 Å². The zero-order valence-electron chi connectivity index (χ0n) is 11.6. The number of aromatic amines is 1. The van der Waals surface area contributed by atoms with E-state index in [1.807, 2.05) is 0 Å². The lowest BCUT2D eigenvalue weighted by Crippen LogP contribution is -2.37. The Labute approximate surface area is 123 Å². The van der Waals surface area contributed by atoms with Crippen molar-refractivity contribution < 1.29 is 22.8 Å². The number of nitrogens with one attached hydrogen (secondary N) is 1. The maximum atomic E-state index is 13.0. The van der Waals surface area contributed by atoms with E-state index < -0.39 is 36.4 Å². The van der Waals surface area contributed by atoms with Gasteiger partial charge in [0, 0.05) is 19.0 Å². The molecule has 0 spiro atoms. The number of halogens is 3. The van der Waals surface area contributed by atoms with Crippen molar-refractivity contribution in [1.82, 2.24) is 15.1 Å². The van der Waals surface area contributed by atoms with Crippen molar-refractivity contribution in [3.8, 4) is 0 Å². The first-order valence-corrected chi connectivity index (χ1v) is 6.97. The molecule has 6 nitrogen and oxygen atoms in total. The number of nitrogens with two attached hydrogens (primary N) is 1. The van der Waals surface area contributed by atoms with Crippen molar-refractivity contribution in [2.24, 2.45) is 17.6 Å². The van der Waals surface area contributed by atoms with Gasteiger partial charge in [0.1, 0.15) is 0 Å². The first-order valence-electron chi connectivity index (χ1n) is 6.97. The predicted octanol–water partition coefficient (Wildman–Crippen LogP) is 1.02. The molecule has 2 atom stereocenters. The molecule has 0 radical (unpaired) electrons. The van der Waals surface area contributed by atoms with Crippen LogP contribution in [0.25, 0.3) is 0 Å². The number of rotatable bonds is 3. The number of hydrogen-bond acceptors (Lipinski definition) is 3. The fourth-order valence-electron chi connectivity index (χ4n) is 2.91. The summed E-state index contributed by atoms with van der Waals surface area (Å²) in [5, 5.41) is 6.55. The quantitative estimate of drug-likeness (QED) is 0.872. The number of amides is 2. The summed E-state index contributed by atoms with van der Waals surface area (Å²) in [6, 6.07) is 0. The van der Waals surface area contributed by atoms with E-state index in [1.165, 1.54) is 6.20 Å². The summed E-state index contributed by atoms with van der Waals surface area (Å²) >= 11 is 0. The van der Waals surface area contributed by atoms with E-state index in [1.54, 1.807) is 0 Å². The standard InChI is InChI=1S/C13H15F3N4O2/c14-13(15,16)9-5-20(4-8(9)11(17)21)12(22)7-3-18-19-10(7)6-1-2-6/h3,6,8-9H,1-2,4-5H2,(H2,17,21)(H,18,19)/t8-,9-/m1/s1. The van der Waals surface area contributed by atoms with Crippen LogP contribution in [-0.2, 0) is 4.79 Å². The van der Waals surface area contributed by atoms with E-state index >= 15 is 0 Å². The van der Waals surface area contributed by atoms with Crippen molar-refractivity contribution in [3.63, 3.8) is 0 Å². The van der Waals surface area contributed by atoms with E-state index in [2.05, 4.69) is 10.2 Å². The lowest BCUT2D eigenvalue weighted by molar-refractivity contribution is -0.182. The highest BCUT2D eigenvalue weighted by Gasteiger charge is 2.53. The largest absolute Gasteiger partial charge is 0.394 e. The molecule has 0 unspecified atom stereocenters. The highest BCUT2D eigenvalue weighted by Crippen LogP contribution is 2.42. The zero-order chi connectivity index (χ0) is 16.1. The van der Waals surface area contributed by atoms with Crippen molar-refractivity contribution in [2.75, 3.05) is 13.1 Å². The smallest absolute Gasteiger partial charge is 0.369 e. The van der Waals surface area contributed by atoms with Crippen LogP contribution in [0.5, 0.6) is 0 Å². The van der Waals surface area contributed by atoms with E-state index in [0.717, 1.165) is 17.7 Å². The van der Waals surface area contributed by atoms with Crippen LogP contribution >= 0.6 is 0 Å². The third-order valence-corrected chi connectivity index (χ3v) is 4.28. The third kappa shape index (κ3) is 2.55. The number of carbonyl (C=O) groups is 2. The monoisotopic (exact) mass is 316 g/mol. The number of H-pyrrole nitrogens is 1. The average Bonchev–Trinajstić information content (AvgIpc) is 3.00. The van der Waals surface area contributed by atoms with Crippen LogP contribution < -0.4 is 5.73 Å². The molecule has 2 heterocycles. The molecule has 1 aliphatic heterocycles. The minimum absolute atomic E-state index is 0.217. The number of aromatic nitrogens is 2. The second-order valence-electron chi connectivity index (χ2n) is 5.84. The lowest BCUT2D eigenvalue weighted by atomic mass is 9.95. The van der Waals surface area contributed by atoms with Crippen LogP contribution in [-0.4, -0.2) is 46.2 Å². The fourth-order valence-corrected chi connectivity index (χ4v) is 2.91. The van der Waals surface area contributed by atoms with Crippen LogP contribution in [0.4, 0.5) is 13.2 Å². The van der Waals surface area contributed by atoms with E-state index in [4.69, 9.17) is 5.73 Å². The van der Waals surface area contributed by atoms with Gasteiger partial charge < -0.3 is 10.6 Å². The highest BCUT2D eigenvalue weighted by molar-refractivity contribution is 5.96. The van der Waals surface area contributed by atoms with Gasteiger partial charge >= 0.3 is 6.18 Å². The molecule has 3 rings (SSSR count). The molecular weight excluding hydrogens is 301 g/mol. The van der Waals surface area contributed by atoms with Gasteiger partial charge in [0.15, 0.2) is 0 Å². The van der Waals surface area contributed by atoms with Crippen molar-refractivity contribution in [2.45, 2.75) is 24.9 Å². The summed E-state index contributed by atoms with van der Waals surface area (Å²) < 4.78 is 39.0. The Hall–Kier alpha value is -2.06. The molecule has 0 bridgehead atoms. The van der Waals surface area contributed by atoms with Gasteiger partial charge in [0.05, 0.1) is 29.3 Å². The number of likely N-dealkylation sites (tertiary alicyclic amines) is 1.